The van der Waals surface area contributed by atoms with Crippen LogP contribution in [0.2, 0.25) is 0 Å². The first kappa shape index (κ1) is 19.4. The lowest BCUT2D eigenvalue weighted by Crippen LogP contribution is -2.41. The molecule has 8 heteroatoms. The van der Waals surface area contributed by atoms with Gasteiger partial charge in [0.2, 0.25) is 15.9 Å². The minimum atomic E-state index is -3.55. The summed E-state index contributed by atoms with van der Waals surface area (Å²) in [4.78, 5) is 14.8. The molecule has 2 aliphatic rings. The molecule has 26 heavy (non-hydrogen) atoms. The van der Waals surface area contributed by atoms with E-state index in [1.54, 1.807) is 22.8 Å². The number of amides is 1. The van der Waals surface area contributed by atoms with E-state index in [-0.39, 0.29) is 17.3 Å². The van der Waals surface area contributed by atoms with Gasteiger partial charge in [-0.05, 0) is 45.4 Å². The molecule has 146 valence electrons. The van der Waals surface area contributed by atoms with Crippen molar-refractivity contribution in [2.45, 2.75) is 64.3 Å². The van der Waals surface area contributed by atoms with Crippen molar-refractivity contribution < 1.29 is 13.2 Å². The van der Waals surface area contributed by atoms with E-state index in [1.807, 2.05) is 4.90 Å². The second-order valence-electron chi connectivity index (χ2n) is 7.71. The van der Waals surface area contributed by atoms with Crippen LogP contribution < -0.4 is 0 Å². The first-order valence-electron chi connectivity index (χ1n) is 9.62. The Hall–Kier alpha value is -1.41. The number of carbonyl (C=O) groups excluding carboxylic acids is 1. The van der Waals surface area contributed by atoms with Gasteiger partial charge in [-0.2, -0.15) is 9.40 Å². The first-order chi connectivity index (χ1) is 12.3. The number of rotatable bonds is 4. The molecule has 2 fully saturated rings. The molecule has 7 nitrogen and oxygen atoms in total. The second-order valence-corrected chi connectivity index (χ2v) is 9.58. The summed E-state index contributed by atoms with van der Waals surface area (Å²) in [6, 6.07) is 0. The zero-order chi connectivity index (χ0) is 18.9. The van der Waals surface area contributed by atoms with Gasteiger partial charge in [0.05, 0.1) is 11.4 Å². The van der Waals surface area contributed by atoms with Crippen LogP contribution in [0, 0.1) is 19.8 Å². The average Bonchev–Trinajstić information content (AvgIpc) is 2.89. The van der Waals surface area contributed by atoms with E-state index in [0.29, 0.717) is 30.4 Å². The zero-order valence-corrected chi connectivity index (χ0v) is 16.9. The maximum atomic E-state index is 13.0. The SMILES string of the molecule is Cc1nn(CC(=O)N2CCCC(C)C2)c(C)c1S(=O)(=O)N1CCCCC1. The van der Waals surface area contributed by atoms with Crippen LogP contribution in [-0.2, 0) is 21.4 Å². The number of aromatic nitrogens is 2. The Bertz CT molecular complexity index is 766. The molecular formula is C18H30N4O3S. The molecule has 0 saturated carbocycles. The largest absolute Gasteiger partial charge is 0.341 e. The Morgan fingerprint density at radius 3 is 2.46 bits per heavy atom. The van der Waals surface area contributed by atoms with E-state index in [4.69, 9.17) is 0 Å². The minimum Gasteiger partial charge on any atom is -0.341 e. The van der Waals surface area contributed by atoms with E-state index in [1.165, 1.54) is 0 Å². The van der Waals surface area contributed by atoms with Gasteiger partial charge in [-0.25, -0.2) is 8.42 Å². The van der Waals surface area contributed by atoms with Crippen molar-refractivity contribution in [3.63, 3.8) is 0 Å². The van der Waals surface area contributed by atoms with Crippen molar-refractivity contribution in [1.29, 1.82) is 0 Å². The van der Waals surface area contributed by atoms with Gasteiger partial charge in [-0.1, -0.05) is 13.3 Å². The molecule has 2 aliphatic heterocycles. The van der Waals surface area contributed by atoms with Crippen molar-refractivity contribution >= 4 is 15.9 Å². The summed E-state index contributed by atoms with van der Waals surface area (Å²) in [5, 5.41) is 4.39. The van der Waals surface area contributed by atoms with Gasteiger partial charge in [0, 0.05) is 26.2 Å². The number of carbonyl (C=O) groups is 1. The predicted octanol–water partition coefficient (Wildman–Crippen LogP) is 1.93. The summed E-state index contributed by atoms with van der Waals surface area (Å²) < 4.78 is 29.2. The molecule has 3 heterocycles. The van der Waals surface area contributed by atoms with Crippen LogP contribution in [0.4, 0.5) is 0 Å². The second kappa shape index (κ2) is 7.68. The summed E-state index contributed by atoms with van der Waals surface area (Å²) in [7, 11) is -3.55. The number of nitrogens with zero attached hydrogens (tertiary/aromatic N) is 4. The average molecular weight is 383 g/mol. The molecule has 1 aromatic rings. The van der Waals surface area contributed by atoms with Crippen LogP contribution in [0.3, 0.4) is 0 Å². The quantitative estimate of drug-likeness (QED) is 0.797. The molecule has 3 rings (SSSR count). The normalized spacial score (nSPS) is 22.6. The molecule has 1 atom stereocenters. The Morgan fingerprint density at radius 1 is 1.12 bits per heavy atom. The number of likely N-dealkylation sites (tertiary alicyclic amines) is 1. The highest BCUT2D eigenvalue weighted by molar-refractivity contribution is 7.89. The standard InChI is InChI=1S/C18H30N4O3S/c1-14-8-7-9-20(12-14)17(23)13-22-16(3)18(15(2)19-22)26(24,25)21-10-5-4-6-11-21/h14H,4-13H2,1-3H3. The third-order valence-electron chi connectivity index (χ3n) is 5.52. The fourth-order valence-electron chi connectivity index (χ4n) is 4.09. The molecule has 0 spiro atoms. The van der Waals surface area contributed by atoms with Gasteiger partial charge in [0.15, 0.2) is 0 Å². The maximum Gasteiger partial charge on any atom is 0.246 e. The molecule has 1 amide bonds. The number of piperidine rings is 2. The molecule has 1 unspecified atom stereocenters. The lowest BCUT2D eigenvalue weighted by atomic mass is 10.0. The van der Waals surface area contributed by atoms with Crippen molar-refractivity contribution in [3.8, 4) is 0 Å². The number of aryl methyl sites for hydroxylation is 1. The summed E-state index contributed by atoms with van der Waals surface area (Å²) in [6.07, 6.45) is 5.06. The first-order valence-corrected chi connectivity index (χ1v) is 11.1. The Balaban J connectivity index is 1.80. The van der Waals surface area contributed by atoms with Gasteiger partial charge in [-0.3, -0.25) is 9.48 Å². The van der Waals surface area contributed by atoms with Gasteiger partial charge < -0.3 is 4.90 Å². The van der Waals surface area contributed by atoms with Gasteiger partial charge in [-0.15, -0.1) is 0 Å². The van der Waals surface area contributed by atoms with Gasteiger partial charge in [0.1, 0.15) is 11.4 Å². The highest BCUT2D eigenvalue weighted by atomic mass is 32.2. The van der Waals surface area contributed by atoms with Crippen molar-refractivity contribution in [1.82, 2.24) is 19.0 Å². The highest BCUT2D eigenvalue weighted by Crippen LogP contribution is 2.26. The van der Waals surface area contributed by atoms with Crippen molar-refractivity contribution in [3.05, 3.63) is 11.4 Å². The third-order valence-corrected chi connectivity index (χ3v) is 7.67. The lowest BCUT2D eigenvalue weighted by Gasteiger charge is -2.31. The summed E-state index contributed by atoms with van der Waals surface area (Å²) in [6.45, 7) is 8.42. The van der Waals surface area contributed by atoms with E-state index >= 15 is 0 Å². The van der Waals surface area contributed by atoms with Crippen LogP contribution in [0.25, 0.3) is 0 Å². The van der Waals surface area contributed by atoms with Crippen molar-refractivity contribution in [2.75, 3.05) is 26.2 Å². The Kier molecular flexibility index (Phi) is 5.72. The van der Waals surface area contributed by atoms with Crippen LogP contribution >= 0.6 is 0 Å². The van der Waals surface area contributed by atoms with Crippen molar-refractivity contribution in [2.24, 2.45) is 5.92 Å². The molecule has 0 aromatic carbocycles. The van der Waals surface area contributed by atoms with E-state index in [0.717, 1.165) is 45.2 Å². The molecule has 1 aromatic heterocycles. The third kappa shape index (κ3) is 3.81. The summed E-state index contributed by atoms with van der Waals surface area (Å²) >= 11 is 0. The van der Waals surface area contributed by atoms with Crippen LogP contribution in [-0.4, -0.2) is 59.5 Å². The lowest BCUT2D eigenvalue weighted by molar-refractivity contribution is -0.133. The zero-order valence-electron chi connectivity index (χ0n) is 16.1. The molecule has 0 aliphatic carbocycles. The molecular weight excluding hydrogens is 352 g/mol. The van der Waals surface area contributed by atoms with Gasteiger partial charge in [0.25, 0.3) is 0 Å². The predicted molar refractivity (Wildman–Crippen MR) is 99.3 cm³/mol. The molecule has 0 N–H and O–H groups in total. The Morgan fingerprint density at radius 2 is 1.81 bits per heavy atom. The maximum absolute atomic E-state index is 13.0. The van der Waals surface area contributed by atoms with Crippen LogP contribution in [0.1, 0.15) is 50.4 Å². The molecule has 2 saturated heterocycles. The molecule has 0 radical (unpaired) electrons. The molecule has 0 bridgehead atoms. The summed E-state index contributed by atoms with van der Waals surface area (Å²) in [5.41, 5.74) is 1.04. The number of hydrogen-bond acceptors (Lipinski definition) is 4. The van der Waals surface area contributed by atoms with Gasteiger partial charge >= 0.3 is 0 Å². The Labute approximate surface area is 156 Å². The monoisotopic (exact) mass is 382 g/mol. The highest BCUT2D eigenvalue weighted by Gasteiger charge is 2.32. The summed E-state index contributed by atoms with van der Waals surface area (Å²) in [5.74, 6) is 0.535. The van der Waals surface area contributed by atoms with E-state index < -0.39 is 10.0 Å². The topological polar surface area (TPSA) is 75.5 Å². The fourth-order valence-corrected chi connectivity index (χ4v) is 5.98. The van der Waals surface area contributed by atoms with Crippen LogP contribution in [0.15, 0.2) is 4.90 Å². The fraction of sp³-hybridized carbons (Fsp3) is 0.778. The van der Waals surface area contributed by atoms with E-state index in [2.05, 4.69) is 12.0 Å². The smallest absolute Gasteiger partial charge is 0.246 e. The van der Waals surface area contributed by atoms with E-state index in [9.17, 15) is 13.2 Å². The number of hydrogen-bond donors (Lipinski definition) is 0. The van der Waals surface area contributed by atoms with Crippen LogP contribution in [0.5, 0.6) is 0 Å². The minimum absolute atomic E-state index is 0.0177. The number of sulfonamides is 1.